The Labute approximate surface area is 129 Å². The van der Waals surface area contributed by atoms with Crippen LogP contribution in [0.3, 0.4) is 0 Å². The Bertz CT molecular complexity index is 622. The van der Waals surface area contributed by atoms with Gasteiger partial charge >= 0.3 is 0 Å². The van der Waals surface area contributed by atoms with Crippen molar-refractivity contribution in [2.24, 2.45) is 0 Å². The van der Waals surface area contributed by atoms with Crippen molar-refractivity contribution in [3.63, 3.8) is 0 Å². The molecule has 1 aliphatic rings. The SMILES string of the molecule is Cc1c(N)cnc(Sc2nnnn2C2CCCC2)c1Br. The smallest absolute Gasteiger partial charge is 0.215 e. The van der Waals surface area contributed by atoms with Crippen molar-refractivity contribution < 1.29 is 0 Å². The minimum Gasteiger partial charge on any atom is -0.397 e. The maximum atomic E-state index is 5.85. The quantitative estimate of drug-likeness (QED) is 0.911. The maximum absolute atomic E-state index is 5.85. The van der Waals surface area contributed by atoms with Crippen LogP contribution in [-0.2, 0) is 0 Å². The summed E-state index contributed by atoms with van der Waals surface area (Å²) in [6.07, 6.45) is 6.46. The number of nitrogens with two attached hydrogens (primary N) is 1. The normalized spacial score (nSPS) is 15.9. The number of hydrogen-bond acceptors (Lipinski definition) is 6. The lowest BCUT2D eigenvalue weighted by Crippen LogP contribution is -2.08. The maximum Gasteiger partial charge on any atom is 0.215 e. The molecule has 1 saturated carbocycles. The number of rotatable bonds is 3. The van der Waals surface area contributed by atoms with E-state index in [1.165, 1.54) is 24.6 Å². The Morgan fingerprint density at radius 3 is 2.90 bits per heavy atom. The van der Waals surface area contributed by atoms with Crippen LogP contribution >= 0.6 is 27.7 Å². The second-order valence-electron chi connectivity index (χ2n) is 4.90. The van der Waals surface area contributed by atoms with Gasteiger partial charge in [0.15, 0.2) is 0 Å². The minimum atomic E-state index is 0.418. The lowest BCUT2D eigenvalue weighted by Gasteiger charge is -2.11. The molecular formula is C12H15BrN6S. The van der Waals surface area contributed by atoms with Gasteiger partial charge in [-0.25, -0.2) is 9.67 Å². The summed E-state index contributed by atoms with van der Waals surface area (Å²) in [5.74, 6) is 0. The molecular weight excluding hydrogens is 340 g/mol. The summed E-state index contributed by atoms with van der Waals surface area (Å²) in [6, 6.07) is 0.418. The first-order valence-electron chi connectivity index (χ1n) is 6.53. The summed E-state index contributed by atoms with van der Waals surface area (Å²) in [5, 5.41) is 13.7. The molecule has 6 nitrogen and oxygen atoms in total. The van der Waals surface area contributed by atoms with E-state index in [0.717, 1.165) is 33.1 Å². The van der Waals surface area contributed by atoms with Gasteiger partial charge in [-0.15, -0.1) is 5.10 Å². The van der Waals surface area contributed by atoms with E-state index >= 15 is 0 Å². The number of pyridine rings is 1. The van der Waals surface area contributed by atoms with Crippen molar-refractivity contribution >= 4 is 33.4 Å². The van der Waals surface area contributed by atoms with E-state index in [1.54, 1.807) is 6.20 Å². The molecule has 2 aromatic heterocycles. The summed E-state index contributed by atoms with van der Waals surface area (Å²) < 4.78 is 2.83. The number of tetrazole rings is 1. The van der Waals surface area contributed by atoms with Crippen molar-refractivity contribution in [3.05, 3.63) is 16.2 Å². The molecule has 0 atom stereocenters. The molecule has 106 valence electrons. The number of nitrogens with zero attached hydrogens (tertiary/aromatic N) is 5. The van der Waals surface area contributed by atoms with Gasteiger partial charge in [-0.2, -0.15) is 0 Å². The predicted octanol–water partition coefficient (Wildman–Crippen LogP) is 2.99. The van der Waals surface area contributed by atoms with Gasteiger partial charge in [0.25, 0.3) is 0 Å². The highest BCUT2D eigenvalue weighted by atomic mass is 79.9. The summed E-state index contributed by atoms with van der Waals surface area (Å²) in [4.78, 5) is 4.36. The monoisotopic (exact) mass is 354 g/mol. The van der Waals surface area contributed by atoms with Crippen LogP contribution in [0.1, 0.15) is 37.3 Å². The summed E-state index contributed by atoms with van der Waals surface area (Å²) >= 11 is 5.01. The van der Waals surface area contributed by atoms with Gasteiger partial charge < -0.3 is 5.73 Å². The number of aromatic nitrogens is 5. The first-order chi connectivity index (χ1) is 9.66. The Balaban J connectivity index is 1.88. The molecule has 0 aromatic carbocycles. The molecule has 1 fully saturated rings. The van der Waals surface area contributed by atoms with Gasteiger partial charge in [-0.05, 0) is 63.4 Å². The largest absolute Gasteiger partial charge is 0.397 e. The minimum absolute atomic E-state index is 0.418. The molecule has 0 radical (unpaired) electrons. The first-order valence-corrected chi connectivity index (χ1v) is 8.14. The molecule has 1 aliphatic carbocycles. The predicted molar refractivity (Wildman–Crippen MR) is 80.5 cm³/mol. The molecule has 2 N–H and O–H groups in total. The van der Waals surface area contributed by atoms with Gasteiger partial charge in [0.2, 0.25) is 5.16 Å². The van der Waals surface area contributed by atoms with Crippen LogP contribution in [0.5, 0.6) is 0 Å². The zero-order valence-corrected chi connectivity index (χ0v) is 13.5. The number of anilines is 1. The molecule has 0 spiro atoms. The second kappa shape index (κ2) is 5.69. The Kier molecular flexibility index (Phi) is 3.93. The van der Waals surface area contributed by atoms with E-state index in [9.17, 15) is 0 Å². The first kappa shape index (κ1) is 13.8. The van der Waals surface area contributed by atoms with Gasteiger partial charge in [0.05, 0.1) is 22.4 Å². The molecule has 0 bridgehead atoms. The van der Waals surface area contributed by atoms with Crippen LogP contribution in [0.4, 0.5) is 5.69 Å². The van der Waals surface area contributed by atoms with Crippen molar-refractivity contribution in [2.45, 2.75) is 48.8 Å². The number of nitrogen functional groups attached to an aromatic ring is 1. The second-order valence-corrected chi connectivity index (χ2v) is 6.65. The van der Waals surface area contributed by atoms with Crippen LogP contribution < -0.4 is 5.73 Å². The number of halogens is 1. The van der Waals surface area contributed by atoms with Crippen LogP contribution in [0.25, 0.3) is 0 Å². The molecule has 0 aliphatic heterocycles. The Morgan fingerprint density at radius 1 is 1.40 bits per heavy atom. The van der Waals surface area contributed by atoms with Crippen LogP contribution in [0, 0.1) is 6.92 Å². The average molecular weight is 355 g/mol. The number of hydrogen-bond donors (Lipinski definition) is 1. The van der Waals surface area contributed by atoms with E-state index in [1.807, 2.05) is 11.6 Å². The van der Waals surface area contributed by atoms with E-state index in [0.29, 0.717) is 11.7 Å². The van der Waals surface area contributed by atoms with Gasteiger partial charge in [-0.1, -0.05) is 12.8 Å². The van der Waals surface area contributed by atoms with Crippen molar-refractivity contribution in [1.82, 2.24) is 25.2 Å². The topological polar surface area (TPSA) is 82.5 Å². The average Bonchev–Trinajstić information content (AvgIpc) is 3.09. The third kappa shape index (κ3) is 2.54. The third-order valence-corrected chi connectivity index (χ3v) is 5.78. The third-order valence-electron chi connectivity index (χ3n) is 3.59. The molecule has 0 amide bonds. The molecule has 8 heteroatoms. The molecule has 3 rings (SSSR count). The molecule has 0 saturated heterocycles. The van der Waals surface area contributed by atoms with Crippen LogP contribution in [0.15, 0.2) is 20.9 Å². The zero-order chi connectivity index (χ0) is 14.1. The fourth-order valence-electron chi connectivity index (χ4n) is 2.36. The van der Waals surface area contributed by atoms with Crippen molar-refractivity contribution in [1.29, 1.82) is 0 Å². The van der Waals surface area contributed by atoms with Crippen LogP contribution in [-0.4, -0.2) is 25.2 Å². The Hall–Kier alpha value is -1.15. The molecule has 2 aromatic rings. The van der Waals surface area contributed by atoms with E-state index in [-0.39, 0.29) is 0 Å². The molecule has 20 heavy (non-hydrogen) atoms. The highest BCUT2D eigenvalue weighted by molar-refractivity contribution is 9.10. The van der Waals surface area contributed by atoms with Crippen LogP contribution in [0.2, 0.25) is 0 Å². The zero-order valence-electron chi connectivity index (χ0n) is 11.1. The molecule has 0 unspecified atom stereocenters. The van der Waals surface area contributed by atoms with E-state index in [2.05, 4.69) is 36.4 Å². The fraction of sp³-hybridized carbons (Fsp3) is 0.500. The lowest BCUT2D eigenvalue weighted by molar-refractivity contribution is 0.423. The highest BCUT2D eigenvalue weighted by Crippen LogP contribution is 2.37. The summed E-state index contributed by atoms with van der Waals surface area (Å²) in [7, 11) is 0. The highest BCUT2D eigenvalue weighted by Gasteiger charge is 2.23. The fourth-order valence-corrected chi connectivity index (χ4v) is 3.81. The van der Waals surface area contributed by atoms with Gasteiger partial charge in [0.1, 0.15) is 5.03 Å². The summed E-state index contributed by atoms with van der Waals surface area (Å²) in [6.45, 7) is 1.96. The van der Waals surface area contributed by atoms with Gasteiger partial charge in [0, 0.05) is 0 Å². The van der Waals surface area contributed by atoms with E-state index in [4.69, 9.17) is 5.73 Å². The van der Waals surface area contributed by atoms with E-state index < -0.39 is 0 Å². The Morgan fingerprint density at radius 2 is 2.15 bits per heavy atom. The van der Waals surface area contributed by atoms with Crippen molar-refractivity contribution in [3.8, 4) is 0 Å². The summed E-state index contributed by atoms with van der Waals surface area (Å²) in [5.41, 5.74) is 7.51. The van der Waals surface area contributed by atoms with Crippen molar-refractivity contribution in [2.75, 3.05) is 5.73 Å². The lowest BCUT2D eigenvalue weighted by atomic mass is 10.3. The molecule has 2 heterocycles. The van der Waals surface area contributed by atoms with Gasteiger partial charge in [-0.3, -0.25) is 0 Å². The standard InChI is InChI=1S/C12H15BrN6S/c1-7-9(14)6-15-11(10(7)13)20-12-16-17-18-19(12)8-4-2-3-5-8/h6,8H,2-5,14H2,1H3.